The van der Waals surface area contributed by atoms with Crippen LogP contribution in [0.4, 0.5) is 0 Å². The summed E-state index contributed by atoms with van der Waals surface area (Å²) >= 11 is 0. The van der Waals surface area contributed by atoms with Crippen molar-refractivity contribution in [2.24, 2.45) is 0 Å². The van der Waals surface area contributed by atoms with Gasteiger partial charge in [0, 0.05) is 22.5 Å². The van der Waals surface area contributed by atoms with Crippen LogP contribution in [0.25, 0.3) is 10.9 Å². The third kappa shape index (κ3) is 1.81. The number of carboxylic acid groups (broad SMARTS) is 1. The average Bonchev–Trinajstić information content (AvgIpc) is 2.59. The molecule has 3 heteroatoms. The Morgan fingerprint density at radius 2 is 2.06 bits per heavy atom. The topological polar surface area (TPSA) is 53.1 Å². The van der Waals surface area contributed by atoms with Gasteiger partial charge in [0.1, 0.15) is 0 Å². The van der Waals surface area contributed by atoms with Crippen LogP contribution in [0.5, 0.6) is 0 Å². The van der Waals surface area contributed by atoms with Crippen LogP contribution in [0.2, 0.25) is 0 Å². The molecule has 2 rings (SSSR count). The van der Waals surface area contributed by atoms with E-state index in [2.05, 4.69) is 4.98 Å². The summed E-state index contributed by atoms with van der Waals surface area (Å²) in [5.41, 5.74) is 1.76. The molecule has 0 radical (unpaired) electrons. The van der Waals surface area contributed by atoms with Crippen LogP contribution in [-0.2, 0) is 10.2 Å². The first-order chi connectivity index (χ1) is 7.50. The van der Waals surface area contributed by atoms with E-state index >= 15 is 0 Å². The number of hydrogen-bond acceptors (Lipinski definition) is 1. The van der Waals surface area contributed by atoms with Gasteiger partial charge >= 0.3 is 5.97 Å². The molecule has 0 spiro atoms. The molecule has 0 aliphatic heterocycles. The van der Waals surface area contributed by atoms with Crippen LogP contribution in [0.1, 0.15) is 25.8 Å². The van der Waals surface area contributed by atoms with Crippen molar-refractivity contribution in [2.75, 3.05) is 0 Å². The van der Waals surface area contributed by atoms with Crippen LogP contribution in [0.3, 0.4) is 0 Å². The number of aliphatic carboxylic acids is 1. The maximum absolute atomic E-state index is 10.8. The summed E-state index contributed by atoms with van der Waals surface area (Å²) in [6, 6.07) is 7.95. The largest absolute Gasteiger partial charge is 0.481 e. The molecule has 0 aliphatic rings. The first-order valence-corrected chi connectivity index (χ1v) is 5.29. The van der Waals surface area contributed by atoms with Gasteiger partial charge in [-0.25, -0.2) is 0 Å². The van der Waals surface area contributed by atoms with Gasteiger partial charge in [-0.2, -0.15) is 0 Å². The summed E-state index contributed by atoms with van der Waals surface area (Å²) < 4.78 is 0. The lowest BCUT2D eigenvalue weighted by Crippen LogP contribution is -2.21. The predicted molar refractivity (Wildman–Crippen MR) is 63.6 cm³/mol. The van der Waals surface area contributed by atoms with E-state index in [9.17, 15) is 4.79 Å². The Morgan fingerprint density at radius 3 is 2.75 bits per heavy atom. The van der Waals surface area contributed by atoms with Crippen LogP contribution in [-0.4, -0.2) is 16.1 Å². The first-order valence-electron chi connectivity index (χ1n) is 5.29. The van der Waals surface area contributed by atoms with E-state index < -0.39 is 5.97 Å². The summed E-state index contributed by atoms with van der Waals surface area (Å²) in [5, 5.41) is 10.0. The zero-order chi connectivity index (χ0) is 11.8. The second-order valence-corrected chi connectivity index (χ2v) is 4.70. The Bertz CT molecular complexity index is 525. The van der Waals surface area contributed by atoms with E-state index in [-0.39, 0.29) is 11.8 Å². The van der Waals surface area contributed by atoms with Gasteiger partial charge in [-0.3, -0.25) is 4.79 Å². The standard InChI is InChI=1S/C13H15NO2/c1-13(2,7-12(15)16)10-8-14-11-6-4-3-5-9(10)11/h3-6,8,14H,7H2,1-2H3,(H,15,16). The number of hydrogen-bond donors (Lipinski definition) is 2. The van der Waals surface area contributed by atoms with Crippen LogP contribution < -0.4 is 0 Å². The van der Waals surface area contributed by atoms with Crippen molar-refractivity contribution >= 4 is 16.9 Å². The number of H-pyrrole nitrogens is 1. The Hall–Kier alpha value is -1.77. The van der Waals surface area contributed by atoms with Crippen molar-refractivity contribution in [3.8, 4) is 0 Å². The number of fused-ring (bicyclic) bond motifs is 1. The summed E-state index contributed by atoms with van der Waals surface area (Å²) in [7, 11) is 0. The summed E-state index contributed by atoms with van der Waals surface area (Å²) in [6.07, 6.45) is 2.04. The van der Waals surface area contributed by atoms with Crippen LogP contribution in [0.15, 0.2) is 30.5 Å². The van der Waals surface area contributed by atoms with Gasteiger partial charge in [-0.15, -0.1) is 0 Å². The van der Waals surface area contributed by atoms with Gasteiger partial charge in [0.05, 0.1) is 6.42 Å². The monoisotopic (exact) mass is 217 g/mol. The average molecular weight is 217 g/mol. The normalized spacial score (nSPS) is 11.9. The second kappa shape index (κ2) is 3.67. The summed E-state index contributed by atoms with van der Waals surface area (Å²) in [5.74, 6) is -0.768. The summed E-state index contributed by atoms with van der Waals surface area (Å²) in [6.45, 7) is 3.91. The SMILES string of the molecule is CC(C)(CC(=O)O)c1c[nH]c2ccccc12. The van der Waals surface area contributed by atoms with E-state index in [0.29, 0.717) is 0 Å². The smallest absolute Gasteiger partial charge is 0.304 e. The Kier molecular flexibility index (Phi) is 2.46. The number of carboxylic acids is 1. The molecule has 0 saturated carbocycles. The molecule has 0 fully saturated rings. The number of aromatic amines is 1. The zero-order valence-electron chi connectivity index (χ0n) is 9.45. The molecule has 1 aromatic carbocycles. The first kappa shape index (κ1) is 10.7. The van der Waals surface area contributed by atoms with Crippen LogP contribution >= 0.6 is 0 Å². The lowest BCUT2D eigenvalue weighted by Gasteiger charge is -2.21. The quantitative estimate of drug-likeness (QED) is 0.830. The van der Waals surface area contributed by atoms with Crippen molar-refractivity contribution in [3.63, 3.8) is 0 Å². The lowest BCUT2D eigenvalue weighted by molar-refractivity contribution is -0.138. The van der Waals surface area contributed by atoms with E-state index in [0.717, 1.165) is 16.5 Å². The highest BCUT2D eigenvalue weighted by molar-refractivity contribution is 5.85. The van der Waals surface area contributed by atoms with Gasteiger partial charge in [-0.1, -0.05) is 32.0 Å². The molecule has 2 N–H and O–H groups in total. The highest BCUT2D eigenvalue weighted by Crippen LogP contribution is 2.32. The van der Waals surface area contributed by atoms with Gasteiger partial charge in [0.15, 0.2) is 0 Å². The Morgan fingerprint density at radius 1 is 1.38 bits per heavy atom. The van der Waals surface area contributed by atoms with Crippen molar-refractivity contribution in [1.82, 2.24) is 4.98 Å². The number of benzene rings is 1. The molecule has 1 heterocycles. The fraction of sp³-hybridized carbons (Fsp3) is 0.308. The molecule has 0 amide bonds. The molecule has 16 heavy (non-hydrogen) atoms. The van der Waals surface area contributed by atoms with E-state index in [1.807, 2.05) is 44.3 Å². The van der Waals surface area contributed by atoms with Crippen molar-refractivity contribution in [2.45, 2.75) is 25.7 Å². The number of aromatic nitrogens is 1. The molecule has 0 atom stereocenters. The number of rotatable bonds is 3. The second-order valence-electron chi connectivity index (χ2n) is 4.70. The molecule has 0 bridgehead atoms. The molecular formula is C13H15NO2. The van der Waals surface area contributed by atoms with Crippen molar-refractivity contribution in [3.05, 3.63) is 36.0 Å². The van der Waals surface area contributed by atoms with E-state index in [4.69, 9.17) is 5.11 Å². The zero-order valence-corrected chi connectivity index (χ0v) is 9.45. The predicted octanol–water partition coefficient (Wildman–Crippen LogP) is 2.92. The lowest BCUT2D eigenvalue weighted by atomic mass is 9.81. The highest BCUT2D eigenvalue weighted by Gasteiger charge is 2.26. The minimum absolute atomic E-state index is 0.134. The Balaban J connectivity index is 2.50. The number of nitrogens with one attached hydrogen (secondary N) is 1. The van der Waals surface area contributed by atoms with Gasteiger partial charge in [-0.05, 0) is 11.6 Å². The molecule has 0 aliphatic carbocycles. The third-order valence-electron chi connectivity index (χ3n) is 2.91. The Labute approximate surface area is 94.1 Å². The fourth-order valence-corrected chi connectivity index (χ4v) is 2.10. The molecule has 2 aromatic rings. The van der Waals surface area contributed by atoms with Crippen molar-refractivity contribution < 1.29 is 9.90 Å². The number of carbonyl (C=O) groups is 1. The number of para-hydroxylation sites is 1. The van der Waals surface area contributed by atoms with Gasteiger partial charge in [0.25, 0.3) is 0 Å². The fourth-order valence-electron chi connectivity index (χ4n) is 2.10. The molecular weight excluding hydrogens is 202 g/mol. The van der Waals surface area contributed by atoms with Gasteiger partial charge in [0.2, 0.25) is 0 Å². The van der Waals surface area contributed by atoms with Crippen molar-refractivity contribution in [1.29, 1.82) is 0 Å². The van der Waals surface area contributed by atoms with E-state index in [1.165, 1.54) is 0 Å². The minimum atomic E-state index is -0.768. The van der Waals surface area contributed by atoms with Gasteiger partial charge < -0.3 is 10.1 Å². The van der Waals surface area contributed by atoms with E-state index in [1.54, 1.807) is 0 Å². The molecule has 1 aromatic heterocycles. The maximum atomic E-state index is 10.8. The maximum Gasteiger partial charge on any atom is 0.304 e. The highest BCUT2D eigenvalue weighted by atomic mass is 16.4. The third-order valence-corrected chi connectivity index (χ3v) is 2.91. The molecule has 3 nitrogen and oxygen atoms in total. The van der Waals surface area contributed by atoms with Crippen LogP contribution in [0, 0.1) is 0 Å². The molecule has 84 valence electrons. The minimum Gasteiger partial charge on any atom is -0.481 e. The molecule has 0 unspecified atom stereocenters. The molecule has 0 saturated heterocycles. The summed E-state index contributed by atoms with van der Waals surface area (Å²) in [4.78, 5) is 14.0.